The van der Waals surface area contributed by atoms with E-state index in [1.165, 1.54) is 18.3 Å². The van der Waals surface area contributed by atoms with Gasteiger partial charge in [0.2, 0.25) is 6.19 Å². The van der Waals surface area contributed by atoms with Gasteiger partial charge < -0.3 is 0 Å². The van der Waals surface area contributed by atoms with E-state index in [-0.39, 0.29) is 0 Å². The Morgan fingerprint density at radius 2 is 2.56 bits per heavy atom. The molecule has 0 amide bonds. The van der Waals surface area contributed by atoms with Gasteiger partial charge in [0.05, 0.1) is 0 Å². The van der Waals surface area contributed by atoms with E-state index < -0.39 is 5.56 Å². The van der Waals surface area contributed by atoms with Crippen LogP contribution in [0.3, 0.4) is 0 Å². The lowest BCUT2D eigenvalue weighted by Gasteiger charge is -1.84. The van der Waals surface area contributed by atoms with Crippen LogP contribution in [-0.4, -0.2) is 9.78 Å². The van der Waals surface area contributed by atoms with Crippen molar-refractivity contribution in [1.82, 2.24) is 9.78 Å². The third-order valence-corrected chi connectivity index (χ3v) is 0.810. The lowest BCUT2D eigenvalue weighted by atomic mass is 10.6. The number of hydrogen-bond donors (Lipinski definition) is 0. The Bertz CT molecular complexity index is 296. The summed E-state index contributed by atoms with van der Waals surface area (Å²) in [6.45, 7) is 0. The summed E-state index contributed by atoms with van der Waals surface area (Å²) in [5.41, 5.74) is -0.403. The van der Waals surface area contributed by atoms with Crippen molar-refractivity contribution in [2.45, 2.75) is 0 Å². The van der Waals surface area contributed by atoms with E-state index in [1.54, 1.807) is 6.19 Å². The fourth-order valence-electron chi connectivity index (χ4n) is 0.433. The molecule has 0 bridgehead atoms. The molecule has 1 aromatic heterocycles. The van der Waals surface area contributed by atoms with E-state index in [9.17, 15) is 4.79 Å². The van der Waals surface area contributed by atoms with Crippen LogP contribution in [0.2, 0.25) is 0 Å². The smallest absolute Gasteiger partial charge is 0.267 e. The van der Waals surface area contributed by atoms with Crippen molar-refractivity contribution in [3.05, 3.63) is 28.7 Å². The molecule has 0 aliphatic heterocycles. The minimum atomic E-state index is -0.403. The Hall–Kier alpha value is -1.63. The predicted octanol–water partition coefficient (Wildman–Crippen LogP) is -0.428. The first-order chi connectivity index (χ1) is 4.34. The highest BCUT2D eigenvalue weighted by Gasteiger charge is 1.87. The second-order valence-electron chi connectivity index (χ2n) is 1.37. The van der Waals surface area contributed by atoms with Crippen molar-refractivity contribution in [3.63, 3.8) is 0 Å². The van der Waals surface area contributed by atoms with Crippen LogP contribution < -0.4 is 5.56 Å². The Morgan fingerprint density at radius 3 is 3.00 bits per heavy atom. The molecule has 1 rings (SSSR count). The maximum Gasteiger partial charge on any atom is 0.280 e. The van der Waals surface area contributed by atoms with E-state index in [0.29, 0.717) is 4.68 Å². The molecule has 0 aromatic carbocycles. The van der Waals surface area contributed by atoms with Gasteiger partial charge >= 0.3 is 0 Å². The summed E-state index contributed by atoms with van der Waals surface area (Å²) in [4.78, 5) is 10.5. The van der Waals surface area contributed by atoms with Crippen molar-refractivity contribution >= 4 is 0 Å². The summed E-state index contributed by atoms with van der Waals surface area (Å²) in [5, 5.41) is 11.6. The first-order valence-electron chi connectivity index (χ1n) is 2.29. The quantitative estimate of drug-likeness (QED) is 0.468. The fraction of sp³-hybridized carbons (Fsp3) is 0. The highest BCUT2D eigenvalue weighted by molar-refractivity contribution is 4.89. The van der Waals surface area contributed by atoms with Crippen molar-refractivity contribution in [3.8, 4) is 6.19 Å². The monoisotopic (exact) mass is 121 g/mol. The molecule has 0 unspecified atom stereocenters. The zero-order valence-corrected chi connectivity index (χ0v) is 4.48. The van der Waals surface area contributed by atoms with Gasteiger partial charge in [0.15, 0.2) is 0 Å². The lowest BCUT2D eigenvalue weighted by Crippen LogP contribution is -2.16. The molecule has 0 saturated heterocycles. The zero-order valence-electron chi connectivity index (χ0n) is 4.48. The van der Waals surface area contributed by atoms with Gasteiger partial charge in [-0.3, -0.25) is 4.79 Å². The summed E-state index contributed by atoms with van der Waals surface area (Å²) in [5.74, 6) is 0. The van der Waals surface area contributed by atoms with Crippen molar-refractivity contribution in [2.75, 3.05) is 0 Å². The Morgan fingerprint density at radius 1 is 1.78 bits per heavy atom. The van der Waals surface area contributed by atoms with Gasteiger partial charge in [-0.05, 0) is 6.07 Å². The molecule has 0 radical (unpaired) electrons. The summed E-state index contributed by atoms with van der Waals surface area (Å²) in [6.07, 6.45) is 2.97. The third-order valence-electron chi connectivity index (χ3n) is 0.810. The average Bonchev–Trinajstić information content (AvgIpc) is 1.89. The van der Waals surface area contributed by atoms with Gasteiger partial charge in [-0.1, -0.05) is 0 Å². The topological polar surface area (TPSA) is 58.7 Å². The Labute approximate surface area is 51.0 Å². The molecule has 0 saturated carbocycles. The molecular formula is C5H3N3O. The van der Waals surface area contributed by atoms with Gasteiger partial charge in [-0.15, -0.1) is 4.68 Å². The van der Waals surface area contributed by atoms with Crippen molar-refractivity contribution < 1.29 is 0 Å². The molecule has 0 aliphatic carbocycles. The van der Waals surface area contributed by atoms with Crippen molar-refractivity contribution in [2.24, 2.45) is 0 Å². The van der Waals surface area contributed by atoms with E-state index in [2.05, 4.69) is 5.10 Å². The van der Waals surface area contributed by atoms with Crippen molar-refractivity contribution in [1.29, 1.82) is 5.26 Å². The van der Waals surface area contributed by atoms with E-state index >= 15 is 0 Å². The molecule has 9 heavy (non-hydrogen) atoms. The Balaban J connectivity index is 3.38. The van der Waals surface area contributed by atoms with Gasteiger partial charge in [0, 0.05) is 12.3 Å². The highest BCUT2D eigenvalue weighted by atomic mass is 16.1. The van der Waals surface area contributed by atoms with Crippen LogP contribution in [0.1, 0.15) is 0 Å². The Kier molecular flexibility index (Phi) is 1.28. The van der Waals surface area contributed by atoms with E-state index in [1.807, 2.05) is 0 Å². The lowest BCUT2D eigenvalue weighted by molar-refractivity contribution is 0.822. The van der Waals surface area contributed by atoms with Crippen LogP contribution in [0.5, 0.6) is 0 Å². The normalized spacial score (nSPS) is 8.33. The predicted molar refractivity (Wildman–Crippen MR) is 29.5 cm³/mol. The van der Waals surface area contributed by atoms with Crippen LogP contribution in [0, 0.1) is 11.5 Å². The molecule has 4 heteroatoms. The van der Waals surface area contributed by atoms with Crippen LogP contribution in [0.4, 0.5) is 0 Å². The van der Waals surface area contributed by atoms with Crippen LogP contribution in [0.15, 0.2) is 23.1 Å². The third kappa shape index (κ3) is 0.941. The highest BCUT2D eigenvalue weighted by Crippen LogP contribution is 1.68. The molecule has 0 fully saturated rings. The maximum atomic E-state index is 10.5. The number of rotatable bonds is 0. The largest absolute Gasteiger partial charge is 0.280 e. The molecule has 4 nitrogen and oxygen atoms in total. The van der Waals surface area contributed by atoms with E-state index in [4.69, 9.17) is 5.26 Å². The van der Waals surface area contributed by atoms with Crippen LogP contribution >= 0.6 is 0 Å². The number of hydrogen-bond acceptors (Lipinski definition) is 3. The fourth-order valence-corrected chi connectivity index (χ4v) is 0.433. The maximum absolute atomic E-state index is 10.5. The first kappa shape index (κ1) is 5.51. The standard InChI is InChI=1S/C5H3N3O/c6-4-8-5(9)2-1-3-7-8/h1-3H. The second kappa shape index (κ2) is 2.09. The average molecular weight is 121 g/mol. The molecule has 0 atom stereocenters. The van der Waals surface area contributed by atoms with E-state index in [0.717, 1.165) is 0 Å². The summed E-state index contributed by atoms with van der Waals surface area (Å²) < 4.78 is 0.708. The molecular weight excluding hydrogens is 118 g/mol. The van der Waals surface area contributed by atoms with Gasteiger partial charge in [0.25, 0.3) is 5.56 Å². The molecule has 0 aliphatic rings. The van der Waals surface area contributed by atoms with Crippen LogP contribution in [0.25, 0.3) is 0 Å². The minimum absolute atomic E-state index is 0.403. The molecule has 0 spiro atoms. The minimum Gasteiger partial charge on any atom is -0.267 e. The number of aromatic nitrogens is 2. The SMILES string of the molecule is N#Cn1ncccc1=O. The second-order valence-corrected chi connectivity index (χ2v) is 1.37. The number of nitriles is 1. The molecule has 44 valence electrons. The zero-order chi connectivity index (χ0) is 6.69. The number of nitrogens with zero attached hydrogens (tertiary/aromatic N) is 3. The summed E-state index contributed by atoms with van der Waals surface area (Å²) in [7, 11) is 0. The molecule has 1 aromatic rings. The first-order valence-corrected chi connectivity index (χ1v) is 2.29. The van der Waals surface area contributed by atoms with Gasteiger partial charge in [-0.25, -0.2) is 0 Å². The van der Waals surface area contributed by atoms with Crippen LogP contribution in [-0.2, 0) is 0 Å². The summed E-state index contributed by atoms with van der Waals surface area (Å²) in [6, 6.07) is 2.76. The van der Waals surface area contributed by atoms with Gasteiger partial charge in [-0.2, -0.15) is 10.4 Å². The molecule has 0 N–H and O–H groups in total. The molecule has 1 heterocycles. The summed E-state index contributed by atoms with van der Waals surface area (Å²) >= 11 is 0. The van der Waals surface area contributed by atoms with Gasteiger partial charge in [0.1, 0.15) is 0 Å².